The molecule has 1 saturated heterocycles. The summed E-state index contributed by atoms with van der Waals surface area (Å²) in [4.78, 5) is 32.0. The molecule has 8 N–H and O–H groups in total. The number of aliphatic hydroxyl groups is 2. The van der Waals surface area contributed by atoms with Crippen molar-refractivity contribution in [2.75, 3.05) is 12.3 Å². The van der Waals surface area contributed by atoms with E-state index < -0.39 is 44.9 Å². The third kappa shape index (κ3) is 3.28. The summed E-state index contributed by atoms with van der Waals surface area (Å²) in [5.74, 6) is -1.06. The van der Waals surface area contributed by atoms with Gasteiger partial charge < -0.3 is 36.2 Å². The first-order chi connectivity index (χ1) is 10.1. The SMILES string of the molecule is NC(=O)c1ncn(C2OC(COP(=O)(O)O)C(O)C2O)c1N. The lowest BCUT2D eigenvalue weighted by Crippen LogP contribution is -2.33. The first-order valence-electron chi connectivity index (χ1n) is 5.95. The molecule has 2 rings (SSSR count). The molecule has 0 bridgehead atoms. The Morgan fingerprint density at radius 2 is 2.09 bits per heavy atom. The van der Waals surface area contributed by atoms with Crippen molar-refractivity contribution in [3.63, 3.8) is 0 Å². The minimum absolute atomic E-state index is 0.180. The van der Waals surface area contributed by atoms with Gasteiger partial charge in [0.2, 0.25) is 0 Å². The highest BCUT2D eigenvalue weighted by atomic mass is 31.2. The summed E-state index contributed by atoms with van der Waals surface area (Å²) in [7, 11) is -4.75. The van der Waals surface area contributed by atoms with Gasteiger partial charge in [0.25, 0.3) is 5.91 Å². The summed E-state index contributed by atoms with van der Waals surface area (Å²) in [6.07, 6.45) is -4.33. The molecule has 2 heterocycles. The first-order valence-corrected chi connectivity index (χ1v) is 7.48. The number of aliphatic hydroxyl groups excluding tert-OH is 2. The van der Waals surface area contributed by atoms with Gasteiger partial charge in [-0.3, -0.25) is 13.9 Å². The number of anilines is 1. The number of phosphoric acid groups is 1. The maximum atomic E-state index is 11.1. The highest BCUT2D eigenvalue weighted by Gasteiger charge is 2.45. The molecule has 4 atom stereocenters. The topological polar surface area (TPSA) is 203 Å². The van der Waals surface area contributed by atoms with Gasteiger partial charge in [0.1, 0.15) is 24.1 Å². The van der Waals surface area contributed by atoms with E-state index in [1.807, 2.05) is 0 Å². The highest BCUT2D eigenvalue weighted by Crippen LogP contribution is 2.38. The summed E-state index contributed by atoms with van der Waals surface area (Å²) in [6, 6.07) is 0. The molecular weight excluding hydrogens is 323 g/mol. The predicted molar refractivity (Wildman–Crippen MR) is 69.1 cm³/mol. The number of hydrogen-bond donors (Lipinski definition) is 6. The second-order valence-corrected chi connectivity index (χ2v) is 5.82. The van der Waals surface area contributed by atoms with Gasteiger partial charge in [-0.2, -0.15) is 0 Å². The summed E-state index contributed by atoms with van der Waals surface area (Å²) in [5.41, 5.74) is 10.5. The summed E-state index contributed by atoms with van der Waals surface area (Å²) >= 11 is 0. The molecule has 0 saturated carbocycles. The molecule has 0 spiro atoms. The molecule has 1 aromatic heterocycles. The van der Waals surface area contributed by atoms with Gasteiger partial charge in [-0.25, -0.2) is 9.55 Å². The van der Waals surface area contributed by atoms with E-state index in [0.717, 1.165) is 10.9 Å². The Bertz CT molecular complexity index is 615. The zero-order valence-electron chi connectivity index (χ0n) is 11.0. The fraction of sp³-hybridized carbons (Fsp3) is 0.556. The number of carbonyl (C=O) groups is 1. The lowest BCUT2D eigenvalue weighted by atomic mass is 10.1. The number of nitrogens with zero attached hydrogens (tertiary/aromatic N) is 2. The van der Waals surface area contributed by atoms with E-state index in [0.29, 0.717) is 0 Å². The monoisotopic (exact) mass is 338 g/mol. The number of nitrogens with two attached hydrogens (primary N) is 2. The summed E-state index contributed by atoms with van der Waals surface area (Å²) in [6.45, 7) is -0.656. The Morgan fingerprint density at radius 3 is 2.59 bits per heavy atom. The van der Waals surface area contributed by atoms with Crippen LogP contribution >= 0.6 is 7.82 Å². The van der Waals surface area contributed by atoms with Gasteiger partial charge >= 0.3 is 7.82 Å². The van der Waals surface area contributed by atoms with Crippen LogP contribution < -0.4 is 11.5 Å². The van der Waals surface area contributed by atoms with E-state index >= 15 is 0 Å². The molecule has 1 aliphatic rings. The van der Waals surface area contributed by atoms with Gasteiger partial charge in [0, 0.05) is 0 Å². The van der Waals surface area contributed by atoms with Gasteiger partial charge in [-0.15, -0.1) is 0 Å². The van der Waals surface area contributed by atoms with Crippen LogP contribution in [0, 0.1) is 0 Å². The van der Waals surface area contributed by atoms with Gasteiger partial charge in [0.15, 0.2) is 11.9 Å². The number of nitrogen functional groups attached to an aromatic ring is 1. The van der Waals surface area contributed by atoms with Gasteiger partial charge in [-0.05, 0) is 0 Å². The van der Waals surface area contributed by atoms with Crippen LogP contribution in [0.15, 0.2) is 6.33 Å². The maximum Gasteiger partial charge on any atom is 0.469 e. The number of imidazole rings is 1. The Hall–Kier alpha value is -1.53. The van der Waals surface area contributed by atoms with E-state index in [9.17, 15) is 19.6 Å². The largest absolute Gasteiger partial charge is 0.469 e. The number of primary amides is 1. The molecule has 22 heavy (non-hydrogen) atoms. The van der Waals surface area contributed by atoms with Crippen molar-refractivity contribution >= 4 is 19.5 Å². The molecule has 1 fully saturated rings. The van der Waals surface area contributed by atoms with E-state index in [-0.39, 0.29) is 11.5 Å². The second kappa shape index (κ2) is 5.93. The normalized spacial score (nSPS) is 28.9. The van der Waals surface area contributed by atoms with Gasteiger partial charge in [0.05, 0.1) is 12.9 Å². The smallest absolute Gasteiger partial charge is 0.387 e. The Morgan fingerprint density at radius 1 is 1.45 bits per heavy atom. The van der Waals surface area contributed by atoms with Crippen LogP contribution in [0.1, 0.15) is 16.7 Å². The van der Waals surface area contributed by atoms with Crippen molar-refractivity contribution in [1.29, 1.82) is 0 Å². The fourth-order valence-electron chi connectivity index (χ4n) is 2.03. The number of ether oxygens (including phenoxy) is 1. The van der Waals surface area contributed by atoms with Crippen LogP contribution in [0.5, 0.6) is 0 Å². The first kappa shape index (κ1) is 16.8. The minimum atomic E-state index is -4.75. The lowest BCUT2D eigenvalue weighted by Gasteiger charge is -2.17. The lowest BCUT2D eigenvalue weighted by molar-refractivity contribution is -0.0510. The van der Waals surface area contributed by atoms with Crippen molar-refractivity contribution in [3.8, 4) is 0 Å². The van der Waals surface area contributed by atoms with Crippen LogP contribution in [0.4, 0.5) is 5.82 Å². The molecule has 13 heteroatoms. The molecule has 1 aliphatic heterocycles. The van der Waals surface area contributed by atoms with E-state index in [2.05, 4.69) is 9.51 Å². The molecule has 12 nitrogen and oxygen atoms in total. The maximum absolute atomic E-state index is 11.1. The zero-order chi connectivity index (χ0) is 16.7. The zero-order valence-corrected chi connectivity index (χ0v) is 11.9. The Labute approximate surface area is 123 Å². The summed E-state index contributed by atoms with van der Waals surface area (Å²) in [5, 5.41) is 19.8. The van der Waals surface area contributed by atoms with Crippen LogP contribution in [0.25, 0.3) is 0 Å². The molecule has 0 aliphatic carbocycles. The number of aromatic nitrogens is 2. The molecule has 0 aromatic carbocycles. The molecule has 0 radical (unpaired) electrons. The number of phosphoric ester groups is 1. The molecule has 1 aromatic rings. The highest BCUT2D eigenvalue weighted by molar-refractivity contribution is 7.46. The van der Waals surface area contributed by atoms with E-state index in [1.54, 1.807) is 0 Å². The van der Waals surface area contributed by atoms with Gasteiger partial charge in [-0.1, -0.05) is 0 Å². The number of amides is 1. The van der Waals surface area contributed by atoms with Crippen LogP contribution in [-0.4, -0.2) is 60.4 Å². The third-order valence-electron chi connectivity index (χ3n) is 3.08. The molecule has 124 valence electrons. The van der Waals surface area contributed by atoms with Crippen LogP contribution in [0.3, 0.4) is 0 Å². The number of carbonyl (C=O) groups excluding carboxylic acids is 1. The van der Waals surface area contributed by atoms with Crippen molar-refractivity contribution in [1.82, 2.24) is 9.55 Å². The van der Waals surface area contributed by atoms with Crippen LogP contribution in [-0.2, 0) is 13.8 Å². The number of hydrogen-bond acceptors (Lipinski definition) is 8. The van der Waals surface area contributed by atoms with E-state index in [4.69, 9.17) is 26.0 Å². The van der Waals surface area contributed by atoms with Crippen molar-refractivity contribution in [3.05, 3.63) is 12.0 Å². The standard InChI is InChI=1S/C9H15N4O8P/c10-7-4(8(11)16)12-2-13(7)9-6(15)5(14)3(21-9)1-20-22(17,18)19/h2-3,5-6,9,14-15H,1,10H2,(H2,11,16)(H2,17,18,19). The second-order valence-electron chi connectivity index (χ2n) is 4.58. The average Bonchev–Trinajstić information content (AvgIpc) is 2.90. The quantitative estimate of drug-likeness (QED) is 0.306. The predicted octanol–water partition coefficient (Wildman–Crippen LogP) is -2.71. The Balaban J connectivity index is 2.16. The Kier molecular flexibility index (Phi) is 4.54. The molecule has 1 amide bonds. The fourth-order valence-corrected chi connectivity index (χ4v) is 2.37. The summed E-state index contributed by atoms with van der Waals surface area (Å²) < 4.78 is 21.2. The van der Waals surface area contributed by atoms with E-state index in [1.165, 1.54) is 0 Å². The molecular formula is C9H15N4O8P. The number of rotatable bonds is 5. The molecule has 4 unspecified atom stereocenters. The minimum Gasteiger partial charge on any atom is -0.387 e. The van der Waals surface area contributed by atoms with Crippen molar-refractivity contribution in [2.24, 2.45) is 5.73 Å². The van der Waals surface area contributed by atoms with Crippen molar-refractivity contribution < 1.29 is 38.6 Å². The van der Waals surface area contributed by atoms with Crippen molar-refractivity contribution in [2.45, 2.75) is 24.5 Å². The average molecular weight is 338 g/mol. The third-order valence-corrected chi connectivity index (χ3v) is 3.57. The van der Waals surface area contributed by atoms with Crippen LogP contribution in [0.2, 0.25) is 0 Å².